The summed E-state index contributed by atoms with van der Waals surface area (Å²) in [6.07, 6.45) is 2.79. The molecule has 1 atom stereocenters. The minimum Gasteiger partial charge on any atom is -0.353 e. The van der Waals surface area contributed by atoms with E-state index in [4.69, 9.17) is 0 Å². The van der Waals surface area contributed by atoms with Gasteiger partial charge in [0.05, 0.1) is 6.20 Å². The Bertz CT molecular complexity index is 375. The van der Waals surface area contributed by atoms with Crippen LogP contribution in [0.4, 0.5) is 11.8 Å². The second-order valence-corrected chi connectivity index (χ2v) is 4.88. The molecule has 18 heavy (non-hydrogen) atoms. The first-order valence-corrected chi connectivity index (χ1v) is 6.58. The van der Waals surface area contributed by atoms with Crippen LogP contribution in [0.3, 0.4) is 0 Å². The summed E-state index contributed by atoms with van der Waals surface area (Å²) in [5, 5.41) is 11.3. The zero-order valence-corrected chi connectivity index (χ0v) is 11.4. The molecule has 1 aromatic heterocycles. The molecule has 0 aliphatic carbocycles. The fraction of sp³-hybridized carbons (Fsp3) is 0.750. The molecule has 0 aromatic carbocycles. The Morgan fingerprint density at radius 3 is 2.72 bits per heavy atom. The molecular formula is C12H22N6. The molecule has 1 aliphatic heterocycles. The smallest absolute Gasteiger partial charge is 0.244 e. The zero-order chi connectivity index (χ0) is 13.0. The summed E-state index contributed by atoms with van der Waals surface area (Å²) >= 11 is 0. The maximum absolute atomic E-state index is 4.53. The third-order valence-corrected chi connectivity index (χ3v) is 3.36. The minimum atomic E-state index is 0.370. The molecule has 6 heteroatoms. The van der Waals surface area contributed by atoms with Gasteiger partial charge in [-0.05, 0) is 20.4 Å². The van der Waals surface area contributed by atoms with Gasteiger partial charge in [-0.2, -0.15) is 10.1 Å². The van der Waals surface area contributed by atoms with Crippen molar-refractivity contribution in [2.45, 2.75) is 26.3 Å². The van der Waals surface area contributed by atoms with Crippen LogP contribution < -0.4 is 10.2 Å². The lowest BCUT2D eigenvalue weighted by Crippen LogP contribution is -2.45. The van der Waals surface area contributed by atoms with E-state index in [1.807, 2.05) is 0 Å². The zero-order valence-electron chi connectivity index (χ0n) is 11.4. The van der Waals surface area contributed by atoms with Gasteiger partial charge >= 0.3 is 0 Å². The molecule has 2 heterocycles. The van der Waals surface area contributed by atoms with Gasteiger partial charge in [0.25, 0.3) is 0 Å². The van der Waals surface area contributed by atoms with Gasteiger partial charge in [0.1, 0.15) is 0 Å². The van der Waals surface area contributed by atoms with Crippen LogP contribution in [0.25, 0.3) is 0 Å². The molecule has 6 nitrogen and oxygen atoms in total. The second kappa shape index (κ2) is 5.95. The van der Waals surface area contributed by atoms with E-state index < -0.39 is 0 Å². The highest BCUT2D eigenvalue weighted by Crippen LogP contribution is 2.13. The topological polar surface area (TPSA) is 57.2 Å². The van der Waals surface area contributed by atoms with E-state index in [1.165, 1.54) is 0 Å². The minimum absolute atomic E-state index is 0.370. The van der Waals surface area contributed by atoms with E-state index in [1.54, 1.807) is 6.20 Å². The Morgan fingerprint density at radius 2 is 2.06 bits per heavy atom. The van der Waals surface area contributed by atoms with Crippen molar-refractivity contribution in [2.75, 3.05) is 43.4 Å². The summed E-state index contributed by atoms with van der Waals surface area (Å²) in [7, 11) is 2.14. The summed E-state index contributed by atoms with van der Waals surface area (Å²) in [6, 6.07) is 0.370. The number of piperazine rings is 1. The number of nitrogens with zero attached hydrogens (tertiary/aromatic N) is 5. The van der Waals surface area contributed by atoms with Gasteiger partial charge < -0.3 is 15.1 Å². The van der Waals surface area contributed by atoms with Crippen LogP contribution in [-0.4, -0.2) is 59.3 Å². The first-order chi connectivity index (χ1) is 8.69. The number of likely N-dealkylation sites (N-methyl/N-ethyl adjacent to an activating group) is 1. The molecular weight excluding hydrogens is 228 g/mol. The number of nitrogens with one attached hydrogen (secondary N) is 1. The molecule has 0 bridgehead atoms. The molecule has 0 saturated carbocycles. The molecule has 0 amide bonds. The summed E-state index contributed by atoms with van der Waals surface area (Å²) in [6.45, 7) is 8.38. The highest BCUT2D eigenvalue weighted by molar-refractivity contribution is 5.40. The molecule has 1 saturated heterocycles. The van der Waals surface area contributed by atoms with Crippen LogP contribution in [0.15, 0.2) is 6.20 Å². The van der Waals surface area contributed by atoms with Crippen LogP contribution in [0.2, 0.25) is 0 Å². The molecule has 0 spiro atoms. The van der Waals surface area contributed by atoms with Crippen molar-refractivity contribution in [2.24, 2.45) is 0 Å². The van der Waals surface area contributed by atoms with Gasteiger partial charge in [-0.15, -0.1) is 5.10 Å². The lowest BCUT2D eigenvalue weighted by Gasteiger charge is -2.32. The largest absolute Gasteiger partial charge is 0.353 e. The fourth-order valence-corrected chi connectivity index (χ4v) is 1.87. The summed E-state index contributed by atoms with van der Waals surface area (Å²) in [5.74, 6) is 1.55. The molecule has 1 aliphatic rings. The number of rotatable bonds is 4. The van der Waals surface area contributed by atoms with Crippen molar-refractivity contribution < 1.29 is 0 Å². The Balaban J connectivity index is 2.02. The van der Waals surface area contributed by atoms with Crippen molar-refractivity contribution in [3.63, 3.8) is 0 Å². The number of hydrogen-bond acceptors (Lipinski definition) is 6. The van der Waals surface area contributed by atoms with Gasteiger partial charge in [0.2, 0.25) is 5.95 Å². The van der Waals surface area contributed by atoms with Gasteiger partial charge in [-0.1, -0.05) is 6.92 Å². The molecule has 2 rings (SSSR count). The Hall–Kier alpha value is -1.43. The highest BCUT2D eigenvalue weighted by Gasteiger charge is 2.16. The van der Waals surface area contributed by atoms with Crippen LogP contribution in [-0.2, 0) is 0 Å². The van der Waals surface area contributed by atoms with E-state index >= 15 is 0 Å². The van der Waals surface area contributed by atoms with Crippen LogP contribution in [0, 0.1) is 0 Å². The predicted molar refractivity (Wildman–Crippen MR) is 72.9 cm³/mol. The molecule has 100 valence electrons. The van der Waals surface area contributed by atoms with Crippen LogP contribution in [0.5, 0.6) is 0 Å². The van der Waals surface area contributed by atoms with Crippen LogP contribution >= 0.6 is 0 Å². The summed E-state index contributed by atoms with van der Waals surface area (Å²) in [5.41, 5.74) is 0. The monoisotopic (exact) mass is 250 g/mol. The quantitative estimate of drug-likeness (QED) is 0.854. The maximum atomic E-state index is 4.53. The third-order valence-electron chi connectivity index (χ3n) is 3.36. The SMILES string of the molecule is CCC(C)Nc1nncc(N2CCN(C)CC2)n1. The number of aromatic nitrogens is 3. The Morgan fingerprint density at radius 1 is 1.33 bits per heavy atom. The van der Waals surface area contributed by atoms with E-state index in [0.717, 1.165) is 38.4 Å². The standard InChI is InChI=1S/C12H22N6/c1-4-10(2)14-12-15-11(9-13-16-12)18-7-5-17(3)6-8-18/h9-10H,4-8H2,1-3H3,(H,14,15,16). The lowest BCUT2D eigenvalue weighted by molar-refractivity contribution is 0.312. The third kappa shape index (κ3) is 3.29. The fourth-order valence-electron chi connectivity index (χ4n) is 1.87. The Labute approximate surface area is 108 Å². The van der Waals surface area contributed by atoms with Crippen molar-refractivity contribution in [1.82, 2.24) is 20.1 Å². The van der Waals surface area contributed by atoms with E-state index in [2.05, 4.69) is 51.2 Å². The van der Waals surface area contributed by atoms with Gasteiger partial charge in [-0.25, -0.2) is 0 Å². The second-order valence-electron chi connectivity index (χ2n) is 4.88. The molecule has 1 unspecified atom stereocenters. The molecule has 1 aromatic rings. The number of hydrogen-bond donors (Lipinski definition) is 1. The highest BCUT2D eigenvalue weighted by atomic mass is 15.3. The van der Waals surface area contributed by atoms with Crippen LogP contribution in [0.1, 0.15) is 20.3 Å². The first kappa shape index (κ1) is 13.0. The summed E-state index contributed by atoms with van der Waals surface area (Å²) in [4.78, 5) is 9.12. The average Bonchev–Trinajstić information content (AvgIpc) is 2.40. The van der Waals surface area contributed by atoms with Gasteiger partial charge in [0, 0.05) is 32.2 Å². The van der Waals surface area contributed by atoms with Crippen molar-refractivity contribution in [3.05, 3.63) is 6.20 Å². The number of anilines is 2. The Kier molecular flexibility index (Phi) is 4.30. The summed E-state index contributed by atoms with van der Waals surface area (Å²) < 4.78 is 0. The van der Waals surface area contributed by atoms with E-state index in [0.29, 0.717) is 12.0 Å². The maximum Gasteiger partial charge on any atom is 0.244 e. The van der Waals surface area contributed by atoms with E-state index in [9.17, 15) is 0 Å². The van der Waals surface area contributed by atoms with Crippen molar-refractivity contribution in [3.8, 4) is 0 Å². The van der Waals surface area contributed by atoms with Gasteiger partial charge in [0.15, 0.2) is 5.82 Å². The normalized spacial score (nSPS) is 18.7. The van der Waals surface area contributed by atoms with Crippen molar-refractivity contribution >= 4 is 11.8 Å². The predicted octanol–water partition coefficient (Wildman–Crippen LogP) is 0.834. The van der Waals surface area contributed by atoms with E-state index in [-0.39, 0.29) is 0 Å². The van der Waals surface area contributed by atoms with Crippen molar-refractivity contribution in [1.29, 1.82) is 0 Å². The molecule has 0 radical (unpaired) electrons. The van der Waals surface area contributed by atoms with Gasteiger partial charge in [-0.3, -0.25) is 0 Å². The molecule has 1 N–H and O–H groups in total. The molecule has 1 fully saturated rings. The lowest BCUT2D eigenvalue weighted by atomic mass is 10.3. The average molecular weight is 250 g/mol. The first-order valence-electron chi connectivity index (χ1n) is 6.58.